The van der Waals surface area contributed by atoms with Crippen LogP contribution in [0.2, 0.25) is 0 Å². The van der Waals surface area contributed by atoms with E-state index in [2.05, 4.69) is 10.2 Å². The predicted octanol–water partition coefficient (Wildman–Crippen LogP) is 3.25. The number of Topliss-reactive ketones (excluding diaryl/α,β-unsaturated/α-hetero) is 1. The molecule has 0 saturated heterocycles. The molecule has 116 valence electrons. The van der Waals surface area contributed by atoms with Gasteiger partial charge in [-0.2, -0.15) is 0 Å². The molecule has 0 atom stereocenters. The third kappa shape index (κ3) is 3.60. The topological polar surface area (TPSA) is 57.0 Å². The fourth-order valence-electron chi connectivity index (χ4n) is 2.08. The van der Waals surface area contributed by atoms with Crippen LogP contribution >= 0.6 is 11.8 Å². The van der Waals surface area contributed by atoms with E-state index in [1.165, 1.54) is 11.8 Å². The second-order valence-electron chi connectivity index (χ2n) is 4.76. The van der Waals surface area contributed by atoms with Gasteiger partial charge in [-0.3, -0.25) is 9.36 Å². The molecule has 0 N–H and O–H groups in total. The molecule has 0 saturated carbocycles. The summed E-state index contributed by atoms with van der Waals surface area (Å²) in [6, 6.07) is 16.9. The van der Waals surface area contributed by atoms with Gasteiger partial charge in [-0.15, -0.1) is 10.2 Å². The first-order chi connectivity index (χ1) is 11.3. The summed E-state index contributed by atoms with van der Waals surface area (Å²) in [4.78, 5) is 12.3. The first-order valence-corrected chi connectivity index (χ1v) is 8.02. The van der Waals surface area contributed by atoms with E-state index >= 15 is 0 Å². The molecule has 3 aromatic rings. The Bertz CT molecular complexity index is 785. The molecule has 0 aliphatic heterocycles. The van der Waals surface area contributed by atoms with Crippen LogP contribution in [0.1, 0.15) is 10.4 Å². The molecule has 1 heterocycles. The van der Waals surface area contributed by atoms with Crippen molar-refractivity contribution in [1.82, 2.24) is 14.8 Å². The van der Waals surface area contributed by atoms with Crippen molar-refractivity contribution < 1.29 is 9.53 Å². The highest BCUT2D eigenvalue weighted by Gasteiger charge is 2.11. The molecule has 0 bridgehead atoms. The maximum Gasteiger partial charge on any atom is 0.196 e. The third-order valence-electron chi connectivity index (χ3n) is 3.30. The molecule has 0 spiro atoms. The highest BCUT2D eigenvalue weighted by atomic mass is 32.2. The SMILES string of the molecule is COc1ccc(C(=O)CSc2nncn2-c2ccccc2)cc1. The lowest BCUT2D eigenvalue weighted by Crippen LogP contribution is -2.04. The smallest absolute Gasteiger partial charge is 0.196 e. The van der Waals surface area contributed by atoms with Crippen LogP contribution in [0.5, 0.6) is 5.75 Å². The predicted molar refractivity (Wildman–Crippen MR) is 89.4 cm³/mol. The quantitative estimate of drug-likeness (QED) is 0.514. The number of ketones is 1. The summed E-state index contributed by atoms with van der Waals surface area (Å²) in [6.07, 6.45) is 1.65. The summed E-state index contributed by atoms with van der Waals surface area (Å²) in [5.41, 5.74) is 1.63. The number of thioether (sulfide) groups is 1. The van der Waals surface area contributed by atoms with Crippen molar-refractivity contribution in [2.24, 2.45) is 0 Å². The molecule has 0 aliphatic carbocycles. The summed E-state index contributed by atoms with van der Waals surface area (Å²) >= 11 is 1.37. The number of aromatic nitrogens is 3. The van der Waals surface area contributed by atoms with Gasteiger partial charge in [0.1, 0.15) is 12.1 Å². The van der Waals surface area contributed by atoms with E-state index in [1.54, 1.807) is 37.7 Å². The van der Waals surface area contributed by atoms with Gasteiger partial charge in [-0.1, -0.05) is 30.0 Å². The van der Waals surface area contributed by atoms with Gasteiger partial charge in [0, 0.05) is 11.3 Å². The van der Waals surface area contributed by atoms with Gasteiger partial charge in [0.15, 0.2) is 10.9 Å². The molecule has 0 amide bonds. The zero-order valence-corrected chi connectivity index (χ0v) is 13.4. The Morgan fingerprint density at radius 2 is 1.87 bits per heavy atom. The van der Waals surface area contributed by atoms with Gasteiger partial charge in [-0.05, 0) is 36.4 Å². The van der Waals surface area contributed by atoms with E-state index in [-0.39, 0.29) is 5.78 Å². The number of nitrogens with zero attached hydrogens (tertiary/aromatic N) is 3. The van der Waals surface area contributed by atoms with E-state index in [0.717, 1.165) is 11.4 Å². The van der Waals surface area contributed by atoms with E-state index < -0.39 is 0 Å². The molecule has 0 unspecified atom stereocenters. The monoisotopic (exact) mass is 325 g/mol. The molecule has 2 aromatic carbocycles. The highest BCUT2D eigenvalue weighted by molar-refractivity contribution is 7.99. The van der Waals surface area contributed by atoms with Gasteiger partial charge in [-0.25, -0.2) is 0 Å². The molecule has 3 rings (SSSR count). The number of benzene rings is 2. The van der Waals surface area contributed by atoms with Gasteiger partial charge >= 0.3 is 0 Å². The average molecular weight is 325 g/mol. The summed E-state index contributed by atoms with van der Waals surface area (Å²) in [5.74, 6) is 1.08. The largest absolute Gasteiger partial charge is 0.497 e. The van der Waals surface area contributed by atoms with Crippen molar-refractivity contribution in [2.75, 3.05) is 12.9 Å². The van der Waals surface area contributed by atoms with Crippen LogP contribution in [0.4, 0.5) is 0 Å². The fraction of sp³-hybridized carbons (Fsp3) is 0.118. The number of carbonyl (C=O) groups is 1. The average Bonchev–Trinajstić information content (AvgIpc) is 3.09. The second kappa shape index (κ2) is 7.11. The molecule has 0 fully saturated rings. The van der Waals surface area contributed by atoms with Crippen LogP contribution < -0.4 is 4.74 Å². The summed E-state index contributed by atoms with van der Waals surface area (Å²) < 4.78 is 6.96. The number of hydrogen-bond donors (Lipinski definition) is 0. The standard InChI is InChI=1S/C17H15N3O2S/c1-22-15-9-7-13(8-10-15)16(21)11-23-17-19-18-12-20(17)14-5-3-2-4-6-14/h2-10,12H,11H2,1H3. The zero-order valence-electron chi connectivity index (χ0n) is 12.5. The molecule has 5 nitrogen and oxygen atoms in total. The number of rotatable bonds is 6. The molecule has 0 radical (unpaired) electrons. The first-order valence-electron chi connectivity index (χ1n) is 7.03. The first kappa shape index (κ1) is 15.3. The minimum Gasteiger partial charge on any atom is -0.497 e. The van der Waals surface area contributed by atoms with Crippen LogP contribution in [0.3, 0.4) is 0 Å². The molecule has 23 heavy (non-hydrogen) atoms. The number of hydrogen-bond acceptors (Lipinski definition) is 5. The lowest BCUT2D eigenvalue weighted by molar-refractivity contribution is 0.102. The maximum absolute atomic E-state index is 12.3. The van der Waals surface area contributed by atoms with Gasteiger partial charge in [0.2, 0.25) is 0 Å². The van der Waals surface area contributed by atoms with Gasteiger partial charge in [0.25, 0.3) is 0 Å². The Hall–Kier alpha value is -2.60. The lowest BCUT2D eigenvalue weighted by atomic mass is 10.1. The van der Waals surface area contributed by atoms with Gasteiger partial charge < -0.3 is 4.74 Å². The number of ether oxygens (including phenoxy) is 1. The van der Waals surface area contributed by atoms with Crippen LogP contribution in [-0.2, 0) is 0 Å². The van der Waals surface area contributed by atoms with Crippen molar-refractivity contribution in [2.45, 2.75) is 5.16 Å². The Labute approximate surface area is 138 Å². The summed E-state index contributed by atoms with van der Waals surface area (Å²) in [5, 5.41) is 8.72. The second-order valence-corrected chi connectivity index (χ2v) is 5.70. The Morgan fingerprint density at radius 3 is 2.57 bits per heavy atom. The third-order valence-corrected chi connectivity index (χ3v) is 4.24. The van der Waals surface area contributed by atoms with Crippen molar-refractivity contribution in [3.8, 4) is 11.4 Å². The zero-order chi connectivity index (χ0) is 16.1. The van der Waals surface area contributed by atoms with Crippen molar-refractivity contribution in [3.63, 3.8) is 0 Å². The fourth-order valence-corrected chi connectivity index (χ4v) is 2.90. The molecular formula is C17H15N3O2S. The molecule has 6 heteroatoms. The van der Waals surface area contributed by atoms with Crippen molar-refractivity contribution >= 4 is 17.5 Å². The van der Waals surface area contributed by atoms with Crippen LogP contribution in [0.25, 0.3) is 5.69 Å². The minimum atomic E-state index is 0.0419. The Balaban J connectivity index is 1.69. The van der Waals surface area contributed by atoms with Crippen LogP contribution in [0.15, 0.2) is 66.1 Å². The summed E-state index contributed by atoms with van der Waals surface area (Å²) in [6.45, 7) is 0. The van der Waals surface area contributed by atoms with E-state index in [9.17, 15) is 4.79 Å². The molecule has 1 aromatic heterocycles. The molecule has 0 aliphatic rings. The lowest BCUT2D eigenvalue weighted by Gasteiger charge is -2.06. The van der Waals surface area contributed by atoms with E-state index in [1.807, 2.05) is 34.9 Å². The van der Waals surface area contributed by atoms with Crippen LogP contribution in [0, 0.1) is 0 Å². The maximum atomic E-state index is 12.3. The van der Waals surface area contributed by atoms with Crippen molar-refractivity contribution in [1.29, 1.82) is 0 Å². The van der Waals surface area contributed by atoms with Gasteiger partial charge in [0.05, 0.1) is 12.9 Å². The highest BCUT2D eigenvalue weighted by Crippen LogP contribution is 2.21. The summed E-state index contributed by atoms with van der Waals surface area (Å²) in [7, 11) is 1.60. The number of para-hydroxylation sites is 1. The van der Waals surface area contributed by atoms with Crippen molar-refractivity contribution in [3.05, 3.63) is 66.5 Å². The van der Waals surface area contributed by atoms with Crippen LogP contribution in [-0.4, -0.2) is 33.4 Å². The van der Waals surface area contributed by atoms with E-state index in [4.69, 9.17) is 4.74 Å². The Kier molecular flexibility index (Phi) is 4.73. The Morgan fingerprint density at radius 1 is 1.13 bits per heavy atom. The normalized spacial score (nSPS) is 10.5. The minimum absolute atomic E-state index is 0.0419. The number of methoxy groups -OCH3 is 1. The van der Waals surface area contributed by atoms with E-state index in [0.29, 0.717) is 16.5 Å². The number of carbonyl (C=O) groups excluding carboxylic acids is 1. The molecular weight excluding hydrogens is 310 g/mol.